The number of aryl methyl sites for hydroxylation is 1. The van der Waals surface area contributed by atoms with Crippen molar-refractivity contribution in [1.82, 2.24) is 15.0 Å². The molecule has 104 valence electrons. The highest BCUT2D eigenvalue weighted by atomic mass is 35.5. The van der Waals surface area contributed by atoms with Gasteiger partial charge < -0.3 is 0 Å². The summed E-state index contributed by atoms with van der Waals surface area (Å²) in [6, 6.07) is 18.2. The number of hydrogen-bond acceptors (Lipinski definition) is 3. The Hall–Kier alpha value is -2.26. The van der Waals surface area contributed by atoms with Crippen molar-refractivity contribution in [2.24, 2.45) is 0 Å². The van der Waals surface area contributed by atoms with Crippen LogP contribution in [0.2, 0.25) is 5.28 Å². The lowest BCUT2D eigenvalue weighted by molar-refractivity contribution is 0.904. The first kappa shape index (κ1) is 13.7. The van der Waals surface area contributed by atoms with Gasteiger partial charge in [-0.1, -0.05) is 61.5 Å². The highest BCUT2D eigenvalue weighted by Crippen LogP contribution is 2.30. The summed E-state index contributed by atoms with van der Waals surface area (Å²) in [7, 11) is 0. The third-order valence-corrected chi connectivity index (χ3v) is 3.39. The Labute approximate surface area is 128 Å². The fraction of sp³-hybridized carbons (Fsp3) is 0.118. The van der Waals surface area contributed by atoms with E-state index in [9.17, 15) is 0 Å². The number of aromatic nitrogens is 3. The van der Waals surface area contributed by atoms with Gasteiger partial charge >= 0.3 is 0 Å². The van der Waals surface area contributed by atoms with Gasteiger partial charge in [-0.05, 0) is 22.7 Å². The quantitative estimate of drug-likeness (QED) is 0.718. The Morgan fingerprint density at radius 3 is 2.19 bits per heavy atom. The molecule has 3 aromatic rings. The van der Waals surface area contributed by atoms with Gasteiger partial charge in [-0.3, -0.25) is 0 Å². The first-order valence-electron chi connectivity index (χ1n) is 6.83. The van der Waals surface area contributed by atoms with Gasteiger partial charge in [-0.15, -0.1) is 0 Å². The highest BCUT2D eigenvalue weighted by molar-refractivity contribution is 6.28. The molecular formula is C17H14ClN3. The van der Waals surface area contributed by atoms with Crippen molar-refractivity contribution >= 4 is 11.6 Å². The predicted octanol–water partition coefficient (Wildman–Crippen LogP) is 4.42. The predicted molar refractivity (Wildman–Crippen MR) is 85.1 cm³/mol. The molecule has 0 bridgehead atoms. The zero-order chi connectivity index (χ0) is 14.7. The van der Waals surface area contributed by atoms with Crippen LogP contribution in [0.1, 0.15) is 12.7 Å². The Kier molecular flexibility index (Phi) is 3.93. The van der Waals surface area contributed by atoms with E-state index in [1.165, 1.54) is 0 Å². The van der Waals surface area contributed by atoms with Gasteiger partial charge in [0.1, 0.15) is 5.82 Å². The highest BCUT2D eigenvalue weighted by Gasteiger charge is 2.11. The van der Waals surface area contributed by atoms with E-state index >= 15 is 0 Å². The molecule has 3 nitrogen and oxygen atoms in total. The molecule has 0 aliphatic carbocycles. The molecule has 4 heteroatoms. The van der Waals surface area contributed by atoms with E-state index in [-0.39, 0.29) is 5.28 Å². The second-order valence-electron chi connectivity index (χ2n) is 4.61. The summed E-state index contributed by atoms with van der Waals surface area (Å²) < 4.78 is 0. The topological polar surface area (TPSA) is 38.7 Å². The molecule has 0 aliphatic rings. The summed E-state index contributed by atoms with van der Waals surface area (Å²) in [6.07, 6.45) is 0.725. The van der Waals surface area contributed by atoms with Crippen molar-refractivity contribution in [2.45, 2.75) is 13.3 Å². The number of rotatable bonds is 3. The summed E-state index contributed by atoms with van der Waals surface area (Å²) in [5.41, 5.74) is 3.17. The van der Waals surface area contributed by atoms with E-state index < -0.39 is 0 Å². The van der Waals surface area contributed by atoms with Crippen molar-refractivity contribution in [3.8, 4) is 22.5 Å². The van der Waals surface area contributed by atoms with E-state index in [0.29, 0.717) is 11.6 Å². The van der Waals surface area contributed by atoms with Gasteiger partial charge in [-0.2, -0.15) is 4.98 Å². The smallest absolute Gasteiger partial charge is 0.213 e. The van der Waals surface area contributed by atoms with Crippen LogP contribution >= 0.6 is 11.6 Å². The van der Waals surface area contributed by atoms with Crippen molar-refractivity contribution < 1.29 is 0 Å². The van der Waals surface area contributed by atoms with E-state index in [4.69, 9.17) is 11.6 Å². The van der Waals surface area contributed by atoms with E-state index in [0.717, 1.165) is 23.1 Å². The maximum absolute atomic E-state index is 6.01. The lowest BCUT2D eigenvalue weighted by Crippen LogP contribution is -2.00. The molecular weight excluding hydrogens is 282 g/mol. The molecule has 21 heavy (non-hydrogen) atoms. The average molecular weight is 296 g/mol. The van der Waals surface area contributed by atoms with Crippen LogP contribution in [-0.4, -0.2) is 15.0 Å². The number of nitrogens with zero attached hydrogens (tertiary/aromatic N) is 3. The van der Waals surface area contributed by atoms with Crippen molar-refractivity contribution in [1.29, 1.82) is 0 Å². The summed E-state index contributed by atoms with van der Waals surface area (Å²) in [4.78, 5) is 12.9. The summed E-state index contributed by atoms with van der Waals surface area (Å²) >= 11 is 6.01. The van der Waals surface area contributed by atoms with Crippen LogP contribution < -0.4 is 0 Å². The summed E-state index contributed by atoms with van der Waals surface area (Å²) in [5.74, 6) is 1.32. The molecule has 0 amide bonds. The zero-order valence-electron chi connectivity index (χ0n) is 11.6. The Bertz CT molecular complexity index is 757. The van der Waals surface area contributed by atoms with Gasteiger partial charge in [0.25, 0.3) is 0 Å². The number of hydrogen-bond donors (Lipinski definition) is 0. The Balaban J connectivity index is 2.18. The van der Waals surface area contributed by atoms with Crippen LogP contribution in [0.25, 0.3) is 22.5 Å². The maximum Gasteiger partial charge on any atom is 0.226 e. The van der Waals surface area contributed by atoms with Gasteiger partial charge in [0.15, 0.2) is 5.82 Å². The lowest BCUT2D eigenvalue weighted by atomic mass is 9.99. The molecule has 0 saturated carbocycles. The molecule has 1 heterocycles. The van der Waals surface area contributed by atoms with Crippen LogP contribution in [0, 0.1) is 0 Å². The van der Waals surface area contributed by atoms with Crippen LogP contribution in [-0.2, 0) is 6.42 Å². The van der Waals surface area contributed by atoms with Crippen LogP contribution in [0.3, 0.4) is 0 Å². The van der Waals surface area contributed by atoms with E-state index in [1.807, 2.05) is 43.3 Å². The molecule has 0 N–H and O–H groups in total. The van der Waals surface area contributed by atoms with Gasteiger partial charge in [0.05, 0.1) is 0 Å². The average Bonchev–Trinajstić information content (AvgIpc) is 2.55. The standard InChI is InChI=1S/C17H14ClN3/c1-2-15-19-16(21-17(18)20-15)14-11-7-6-10-13(14)12-8-4-3-5-9-12/h3-11H,2H2,1H3. The minimum atomic E-state index is 0.236. The Morgan fingerprint density at radius 2 is 1.48 bits per heavy atom. The second-order valence-corrected chi connectivity index (χ2v) is 4.95. The third-order valence-electron chi connectivity index (χ3n) is 3.22. The van der Waals surface area contributed by atoms with Gasteiger partial charge in [0.2, 0.25) is 5.28 Å². The normalized spacial score (nSPS) is 10.6. The summed E-state index contributed by atoms with van der Waals surface area (Å²) in [6.45, 7) is 2.00. The van der Waals surface area contributed by atoms with Crippen LogP contribution in [0.15, 0.2) is 54.6 Å². The maximum atomic E-state index is 6.01. The van der Waals surface area contributed by atoms with Crippen LogP contribution in [0.5, 0.6) is 0 Å². The fourth-order valence-corrected chi connectivity index (χ4v) is 2.39. The lowest BCUT2D eigenvalue weighted by Gasteiger charge is -2.09. The van der Waals surface area contributed by atoms with Crippen molar-refractivity contribution in [2.75, 3.05) is 0 Å². The van der Waals surface area contributed by atoms with Gasteiger partial charge in [-0.25, -0.2) is 9.97 Å². The van der Waals surface area contributed by atoms with Crippen LogP contribution in [0.4, 0.5) is 0 Å². The summed E-state index contributed by atoms with van der Waals surface area (Å²) in [5, 5.41) is 0.236. The molecule has 0 unspecified atom stereocenters. The fourth-order valence-electron chi connectivity index (χ4n) is 2.22. The van der Waals surface area contributed by atoms with Crippen molar-refractivity contribution in [3.05, 3.63) is 65.7 Å². The molecule has 0 fully saturated rings. The van der Waals surface area contributed by atoms with E-state index in [1.54, 1.807) is 0 Å². The largest absolute Gasteiger partial charge is 0.226 e. The number of benzene rings is 2. The molecule has 0 saturated heterocycles. The van der Waals surface area contributed by atoms with Gasteiger partial charge in [0, 0.05) is 12.0 Å². The SMILES string of the molecule is CCc1nc(Cl)nc(-c2ccccc2-c2ccccc2)n1. The third kappa shape index (κ3) is 2.93. The second kappa shape index (κ2) is 6.02. The molecule has 1 aromatic heterocycles. The molecule has 2 aromatic carbocycles. The Morgan fingerprint density at radius 1 is 0.810 bits per heavy atom. The molecule has 0 radical (unpaired) electrons. The van der Waals surface area contributed by atoms with Crippen molar-refractivity contribution in [3.63, 3.8) is 0 Å². The first-order chi connectivity index (χ1) is 10.3. The number of halogens is 1. The zero-order valence-corrected chi connectivity index (χ0v) is 12.4. The molecule has 3 rings (SSSR count). The molecule has 0 aliphatic heterocycles. The van der Waals surface area contributed by atoms with E-state index in [2.05, 4.69) is 33.2 Å². The minimum absolute atomic E-state index is 0.236. The first-order valence-corrected chi connectivity index (χ1v) is 7.21. The minimum Gasteiger partial charge on any atom is -0.213 e. The molecule has 0 atom stereocenters. The molecule has 0 spiro atoms. The monoisotopic (exact) mass is 295 g/mol.